The second-order valence-electron chi connectivity index (χ2n) is 6.22. The zero-order valence-corrected chi connectivity index (χ0v) is 11.8. The lowest BCUT2D eigenvalue weighted by molar-refractivity contribution is -0.143. The van der Waals surface area contributed by atoms with E-state index in [2.05, 4.69) is 20.4 Å². The second-order valence-corrected chi connectivity index (χ2v) is 6.22. The number of carbonyl (C=O) groups is 1. The third-order valence-corrected chi connectivity index (χ3v) is 4.93. The standard InChI is InChI=1S/C16H26O2/c1-4-5-11-16(3)12(2)15(17)18-14(16)13-9-7-6-8-10-13/h13-14H,2,4-11H2,1,3H3/t14-,16-/m0/s1. The van der Waals surface area contributed by atoms with E-state index in [0.717, 1.165) is 19.3 Å². The van der Waals surface area contributed by atoms with Crippen LogP contribution in [0.4, 0.5) is 0 Å². The van der Waals surface area contributed by atoms with Crippen LogP contribution in [0, 0.1) is 11.3 Å². The third-order valence-electron chi connectivity index (χ3n) is 4.93. The van der Waals surface area contributed by atoms with Crippen LogP contribution in [0.5, 0.6) is 0 Å². The van der Waals surface area contributed by atoms with E-state index in [9.17, 15) is 4.79 Å². The predicted molar refractivity (Wildman–Crippen MR) is 73.2 cm³/mol. The van der Waals surface area contributed by atoms with Gasteiger partial charge in [0.2, 0.25) is 0 Å². The van der Waals surface area contributed by atoms with Crippen LogP contribution in [-0.2, 0) is 9.53 Å². The Balaban J connectivity index is 2.15. The highest BCUT2D eigenvalue weighted by Crippen LogP contribution is 2.49. The first-order valence-electron chi connectivity index (χ1n) is 7.50. The number of hydrogen-bond acceptors (Lipinski definition) is 2. The first-order valence-corrected chi connectivity index (χ1v) is 7.50. The van der Waals surface area contributed by atoms with Gasteiger partial charge in [-0.3, -0.25) is 0 Å². The lowest BCUT2D eigenvalue weighted by atomic mass is 9.68. The van der Waals surface area contributed by atoms with Gasteiger partial charge in [-0.1, -0.05) is 52.5 Å². The van der Waals surface area contributed by atoms with E-state index in [-0.39, 0.29) is 17.5 Å². The molecule has 1 heterocycles. The summed E-state index contributed by atoms with van der Waals surface area (Å²) in [5.74, 6) is 0.410. The Labute approximate surface area is 111 Å². The van der Waals surface area contributed by atoms with Gasteiger partial charge in [0.05, 0.1) is 0 Å². The summed E-state index contributed by atoms with van der Waals surface area (Å²) in [6, 6.07) is 0. The molecule has 0 bridgehead atoms. The largest absolute Gasteiger partial charge is 0.458 e. The lowest BCUT2D eigenvalue weighted by Gasteiger charge is -2.36. The highest BCUT2D eigenvalue weighted by atomic mass is 16.6. The summed E-state index contributed by atoms with van der Waals surface area (Å²) >= 11 is 0. The Morgan fingerprint density at radius 2 is 2.00 bits per heavy atom. The van der Waals surface area contributed by atoms with Gasteiger partial charge in [-0.05, 0) is 25.2 Å². The smallest absolute Gasteiger partial charge is 0.334 e. The molecular formula is C16H26O2. The van der Waals surface area contributed by atoms with Crippen molar-refractivity contribution < 1.29 is 9.53 Å². The fourth-order valence-electron chi connectivity index (χ4n) is 3.61. The summed E-state index contributed by atoms with van der Waals surface area (Å²) in [4.78, 5) is 11.9. The summed E-state index contributed by atoms with van der Waals surface area (Å²) in [6.45, 7) is 8.40. The van der Waals surface area contributed by atoms with Crippen LogP contribution in [0.1, 0.15) is 65.2 Å². The van der Waals surface area contributed by atoms with Crippen LogP contribution in [0.3, 0.4) is 0 Å². The van der Waals surface area contributed by atoms with E-state index in [4.69, 9.17) is 4.74 Å². The molecular weight excluding hydrogens is 224 g/mol. The molecule has 2 rings (SSSR count). The van der Waals surface area contributed by atoms with Crippen molar-refractivity contribution in [3.8, 4) is 0 Å². The van der Waals surface area contributed by atoms with Crippen molar-refractivity contribution in [3.63, 3.8) is 0 Å². The van der Waals surface area contributed by atoms with Crippen LogP contribution in [0.25, 0.3) is 0 Å². The first kappa shape index (κ1) is 13.6. The number of hydrogen-bond donors (Lipinski definition) is 0. The molecule has 0 amide bonds. The van der Waals surface area contributed by atoms with Crippen molar-refractivity contribution >= 4 is 5.97 Å². The summed E-state index contributed by atoms with van der Waals surface area (Å²) in [7, 11) is 0. The summed E-state index contributed by atoms with van der Waals surface area (Å²) in [5, 5.41) is 0. The Morgan fingerprint density at radius 3 is 2.61 bits per heavy atom. The average molecular weight is 250 g/mol. The minimum absolute atomic E-state index is 0.0874. The molecule has 0 N–H and O–H groups in total. The van der Waals surface area contributed by atoms with E-state index < -0.39 is 0 Å². The maximum absolute atomic E-state index is 11.9. The summed E-state index contributed by atoms with van der Waals surface area (Å²) in [6.07, 6.45) is 9.77. The van der Waals surface area contributed by atoms with E-state index in [1.54, 1.807) is 0 Å². The second kappa shape index (κ2) is 5.46. The molecule has 0 unspecified atom stereocenters. The minimum atomic E-state index is -0.149. The quantitative estimate of drug-likeness (QED) is 0.551. The van der Waals surface area contributed by atoms with E-state index in [1.165, 1.54) is 32.1 Å². The molecule has 0 aromatic rings. The molecule has 2 heteroatoms. The highest BCUT2D eigenvalue weighted by Gasteiger charge is 2.51. The average Bonchev–Trinajstić information content (AvgIpc) is 2.62. The molecule has 102 valence electrons. The molecule has 1 aliphatic heterocycles. The maximum atomic E-state index is 11.9. The normalized spacial score (nSPS) is 33.8. The van der Waals surface area contributed by atoms with E-state index in [0.29, 0.717) is 11.5 Å². The number of carbonyl (C=O) groups excluding carboxylic acids is 1. The Bertz CT molecular complexity index is 328. The molecule has 2 fully saturated rings. The molecule has 0 radical (unpaired) electrons. The van der Waals surface area contributed by atoms with Crippen LogP contribution in [0.15, 0.2) is 12.2 Å². The summed E-state index contributed by atoms with van der Waals surface area (Å²) in [5.41, 5.74) is 0.598. The molecule has 2 atom stereocenters. The Kier molecular flexibility index (Phi) is 4.14. The van der Waals surface area contributed by atoms with Crippen molar-refractivity contribution in [1.82, 2.24) is 0 Å². The van der Waals surface area contributed by atoms with Gasteiger partial charge in [-0.25, -0.2) is 4.79 Å². The van der Waals surface area contributed by atoms with E-state index in [1.807, 2.05) is 0 Å². The van der Waals surface area contributed by atoms with Gasteiger partial charge in [0.25, 0.3) is 0 Å². The van der Waals surface area contributed by atoms with Crippen molar-refractivity contribution in [2.75, 3.05) is 0 Å². The maximum Gasteiger partial charge on any atom is 0.334 e. The van der Waals surface area contributed by atoms with Gasteiger partial charge < -0.3 is 4.74 Å². The SMILES string of the molecule is C=C1C(=O)O[C@@H](C2CCCCC2)[C@@]1(C)CCCC. The monoisotopic (exact) mass is 250 g/mol. The molecule has 1 aliphatic carbocycles. The van der Waals surface area contributed by atoms with Crippen molar-refractivity contribution in [2.45, 2.75) is 71.3 Å². The minimum Gasteiger partial charge on any atom is -0.458 e. The molecule has 0 spiro atoms. The highest BCUT2D eigenvalue weighted by molar-refractivity contribution is 5.92. The molecule has 18 heavy (non-hydrogen) atoms. The van der Waals surface area contributed by atoms with Crippen molar-refractivity contribution in [2.24, 2.45) is 11.3 Å². The number of rotatable bonds is 4. The number of esters is 1. The molecule has 1 saturated heterocycles. The number of ether oxygens (including phenoxy) is 1. The van der Waals surface area contributed by atoms with Gasteiger partial charge in [-0.15, -0.1) is 0 Å². The third kappa shape index (κ3) is 2.34. The zero-order chi connectivity index (χ0) is 13.2. The van der Waals surface area contributed by atoms with Gasteiger partial charge in [-0.2, -0.15) is 0 Å². The van der Waals surface area contributed by atoms with Gasteiger partial charge in [0.15, 0.2) is 0 Å². The van der Waals surface area contributed by atoms with Crippen LogP contribution < -0.4 is 0 Å². The molecule has 2 nitrogen and oxygen atoms in total. The Morgan fingerprint density at radius 1 is 1.33 bits per heavy atom. The molecule has 1 saturated carbocycles. The zero-order valence-electron chi connectivity index (χ0n) is 11.8. The molecule has 0 aromatic carbocycles. The van der Waals surface area contributed by atoms with Crippen LogP contribution in [-0.4, -0.2) is 12.1 Å². The topological polar surface area (TPSA) is 26.3 Å². The number of cyclic esters (lactones) is 1. The fourth-order valence-corrected chi connectivity index (χ4v) is 3.61. The van der Waals surface area contributed by atoms with Gasteiger partial charge >= 0.3 is 5.97 Å². The van der Waals surface area contributed by atoms with Crippen LogP contribution in [0.2, 0.25) is 0 Å². The Hall–Kier alpha value is -0.790. The van der Waals surface area contributed by atoms with Crippen LogP contribution >= 0.6 is 0 Å². The van der Waals surface area contributed by atoms with Gasteiger partial charge in [0, 0.05) is 11.0 Å². The summed E-state index contributed by atoms with van der Waals surface area (Å²) < 4.78 is 5.69. The molecule has 0 aromatic heterocycles. The fraction of sp³-hybridized carbons (Fsp3) is 0.812. The molecule has 2 aliphatic rings. The van der Waals surface area contributed by atoms with Gasteiger partial charge in [0.1, 0.15) is 6.10 Å². The first-order chi connectivity index (χ1) is 8.59. The predicted octanol–water partition coefficient (Wildman–Crippen LogP) is 4.24. The lowest BCUT2D eigenvalue weighted by Crippen LogP contribution is -2.36. The van der Waals surface area contributed by atoms with Crippen molar-refractivity contribution in [1.29, 1.82) is 0 Å². The van der Waals surface area contributed by atoms with Crippen molar-refractivity contribution in [3.05, 3.63) is 12.2 Å². The number of unbranched alkanes of at least 4 members (excludes halogenated alkanes) is 1. The van der Waals surface area contributed by atoms with E-state index >= 15 is 0 Å².